The van der Waals surface area contributed by atoms with Crippen molar-refractivity contribution >= 4 is 68.2 Å². The van der Waals surface area contributed by atoms with E-state index in [9.17, 15) is 19.2 Å². The van der Waals surface area contributed by atoms with Gasteiger partial charge in [-0.05, 0) is 160 Å². The smallest absolute Gasteiger partial charge is 0.240 e. The molecule has 81 heavy (non-hydrogen) atoms. The van der Waals surface area contributed by atoms with E-state index in [0.29, 0.717) is 106 Å². The van der Waals surface area contributed by atoms with Crippen molar-refractivity contribution in [1.82, 2.24) is 14.9 Å². The highest BCUT2D eigenvalue weighted by Gasteiger charge is 2.57. The van der Waals surface area contributed by atoms with Gasteiger partial charge in [0.15, 0.2) is 23.0 Å². The Morgan fingerprint density at radius 1 is 0.469 bits per heavy atom. The molecule has 0 unspecified atom stereocenters. The Kier molecular flexibility index (Phi) is 16.6. The molecule has 0 radical (unpaired) electrons. The zero-order valence-electron chi connectivity index (χ0n) is 45.6. The maximum atomic E-state index is 13.3. The van der Waals surface area contributed by atoms with E-state index >= 15 is 0 Å². The highest BCUT2D eigenvalue weighted by molar-refractivity contribution is 6.18. The summed E-state index contributed by atoms with van der Waals surface area (Å²) in [4.78, 5) is 63.7. The Morgan fingerprint density at radius 2 is 0.864 bits per heavy atom. The number of hydrogen-bond donors (Lipinski definition) is 5. The zero-order valence-corrected chi connectivity index (χ0v) is 45.6. The quantitative estimate of drug-likeness (QED) is 0.0475. The third-order valence-corrected chi connectivity index (χ3v) is 14.8. The van der Waals surface area contributed by atoms with Gasteiger partial charge in [0.25, 0.3) is 0 Å². The highest BCUT2D eigenvalue weighted by Crippen LogP contribution is 2.49. The van der Waals surface area contributed by atoms with Gasteiger partial charge in [0.2, 0.25) is 23.6 Å². The summed E-state index contributed by atoms with van der Waals surface area (Å²) >= 11 is 0. The Bertz CT molecular complexity index is 3600. The summed E-state index contributed by atoms with van der Waals surface area (Å²) in [5.74, 6) is 3.46. The molecule has 1 saturated heterocycles. The summed E-state index contributed by atoms with van der Waals surface area (Å²) in [5, 5.41) is 13.2. The molecule has 6 aromatic carbocycles. The summed E-state index contributed by atoms with van der Waals surface area (Å²) in [6.45, 7) is 3.46. The fourth-order valence-corrected chi connectivity index (χ4v) is 9.81. The summed E-state index contributed by atoms with van der Waals surface area (Å²) in [6, 6.07) is 40.1. The largest absolute Gasteiger partial charge is 0.493 e. The van der Waals surface area contributed by atoms with Crippen LogP contribution in [0.3, 0.4) is 0 Å². The molecule has 8 aromatic rings. The maximum Gasteiger partial charge on any atom is 0.240 e. The molecule has 18 nitrogen and oxygen atoms in total. The maximum absolute atomic E-state index is 13.3. The average molecular weight is 1090 g/mol. The van der Waals surface area contributed by atoms with Crippen LogP contribution in [0.4, 0.5) is 22.7 Å². The Hall–Kier alpha value is -9.26. The first kappa shape index (κ1) is 55.1. The van der Waals surface area contributed by atoms with Gasteiger partial charge in [-0.25, -0.2) is 0 Å². The van der Waals surface area contributed by atoms with Crippen molar-refractivity contribution in [3.8, 4) is 46.0 Å². The van der Waals surface area contributed by atoms with Crippen LogP contribution in [0.1, 0.15) is 56.1 Å². The lowest BCUT2D eigenvalue weighted by molar-refractivity contribution is -0.132. The predicted octanol–water partition coefficient (Wildman–Crippen LogP) is 11.2. The van der Waals surface area contributed by atoms with Crippen LogP contribution in [0.25, 0.3) is 21.8 Å². The molecular weight excluding hydrogens is 1030 g/mol. The second kappa shape index (κ2) is 24.4. The third kappa shape index (κ3) is 12.6. The molecule has 3 heterocycles. The fraction of sp³-hybridized carbons (Fsp3) is 0.270. The number of amides is 4. The zero-order chi connectivity index (χ0) is 56.5. The molecule has 11 rings (SSSR count). The summed E-state index contributed by atoms with van der Waals surface area (Å²) in [5.41, 5.74) is 9.52. The number of carbonyl (C=O) groups is 4. The number of aromatic nitrogens is 2. The van der Waals surface area contributed by atoms with Gasteiger partial charge in [-0.3, -0.25) is 34.0 Å². The number of methoxy groups -OCH3 is 4. The molecule has 6 N–H and O–H groups in total. The molecule has 3 aliphatic rings. The van der Waals surface area contributed by atoms with Crippen LogP contribution >= 0.6 is 0 Å². The SMILES string of the molecule is COc1cc2nccc(Oc3ccc(NC(=O)C4(C(=O)Nc5cccc(CN)c5)CC4)cc3)c2cc1OC.COc1cc2nccc(Oc3ccc(NC(=O)C4(C(=O)Nc5cccc(CN6CCCCC6)c5)CC4)cc3)c2cc1OC. The highest BCUT2D eigenvalue weighted by atomic mass is 16.5. The lowest BCUT2D eigenvalue weighted by Crippen LogP contribution is -2.35. The predicted molar refractivity (Wildman–Crippen MR) is 310 cm³/mol. The Balaban J connectivity index is 0.000000183. The van der Waals surface area contributed by atoms with Gasteiger partial charge in [-0.2, -0.15) is 0 Å². The molecule has 4 amide bonds. The molecule has 2 aliphatic carbocycles. The number of likely N-dealkylation sites (tertiary alicyclic amines) is 1. The van der Waals surface area contributed by atoms with E-state index < -0.39 is 10.8 Å². The first-order valence-corrected chi connectivity index (χ1v) is 26.9. The minimum absolute atomic E-state index is 0.267. The van der Waals surface area contributed by atoms with E-state index in [2.05, 4.69) is 42.2 Å². The van der Waals surface area contributed by atoms with Gasteiger partial charge < -0.3 is 55.4 Å². The number of carbonyl (C=O) groups excluding carboxylic acids is 4. The lowest BCUT2D eigenvalue weighted by atomic mass is 10.0. The molecule has 2 aromatic heterocycles. The van der Waals surface area contributed by atoms with Crippen LogP contribution in [0.15, 0.2) is 146 Å². The second-order valence-electron chi connectivity index (χ2n) is 20.2. The number of fused-ring (bicyclic) bond motifs is 2. The van der Waals surface area contributed by atoms with E-state index in [-0.39, 0.29) is 23.6 Å². The van der Waals surface area contributed by atoms with Crippen LogP contribution in [0.5, 0.6) is 46.0 Å². The van der Waals surface area contributed by atoms with Gasteiger partial charge >= 0.3 is 0 Å². The number of nitrogens with zero attached hydrogens (tertiary/aromatic N) is 3. The van der Waals surface area contributed by atoms with E-state index in [0.717, 1.165) is 47.2 Å². The first-order chi connectivity index (χ1) is 39.4. The van der Waals surface area contributed by atoms with E-state index in [1.54, 1.807) is 120 Å². The van der Waals surface area contributed by atoms with Crippen molar-refractivity contribution < 1.29 is 47.6 Å². The monoisotopic (exact) mass is 1090 g/mol. The topological polar surface area (TPSA) is 227 Å². The Labute approximate surface area is 469 Å². The van der Waals surface area contributed by atoms with Gasteiger partial charge in [0.1, 0.15) is 33.8 Å². The molecule has 1 aliphatic heterocycles. The van der Waals surface area contributed by atoms with Gasteiger partial charge in [-0.1, -0.05) is 30.7 Å². The number of pyridine rings is 2. The van der Waals surface area contributed by atoms with E-state index in [4.69, 9.17) is 34.2 Å². The molecule has 416 valence electrons. The first-order valence-electron chi connectivity index (χ1n) is 26.9. The third-order valence-electron chi connectivity index (χ3n) is 14.8. The van der Waals surface area contributed by atoms with E-state index in [1.807, 2.05) is 48.5 Å². The van der Waals surface area contributed by atoms with Crippen LogP contribution < -0.4 is 55.4 Å². The van der Waals surface area contributed by atoms with Crippen LogP contribution in [-0.4, -0.2) is 80.0 Å². The Morgan fingerprint density at radius 3 is 1.27 bits per heavy atom. The summed E-state index contributed by atoms with van der Waals surface area (Å²) in [6.07, 6.45) is 9.11. The number of nitrogens with two attached hydrogens (primary N) is 1. The second-order valence-corrected chi connectivity index (χ2v) is 20.2. The minimum atomic E-state index is -1.08. The standard InChI is InChI=1S/C34H36N4O5.C29H28N4O5/c1-41-30-20-27-28(21-31(30)42-2)35-16-13-29(27)43-26-11-9-24(10-12-26)36-32(39)34(14-15-34)33(40)37-25-8-6-7-23(19-25)22-38-17-4-3-5-18-38;1-36-25-15-22-23(16-26(25)37-2)31-13-10-24(22)38-21-8-6-19(7-9-21)32-27(34)29(11-12-29)28(35)33-20-5-3-4-18(14-20)17-30/h6-13,16,19-21H,3-5,14-15,17-18,22H2,1-2H3,(H,36,39)(H,37,40);3-10,13-16H,11-12,17,30H2,1-2H3,(H,32,34)(H,33,35). The van der Waals surface area contributed by atoms with E-state index in [1.165, 1.54) is 19.3 Å². The van der Waals surface area contributed by atoms with Crippen molar-refractivity contribution in [2.24, 2.45) is 16.6 Å². The molecule has 18 heteroatoms. The molecule has 0 atom stereocenters. The van der Waals surface area contributed by atoms with Crippen LogP contribution in [0, 0.1) is 10.8 Å². The number of anilines is 4. The van der Waals surface area contributed by atoms with Crippen molar-refractivity contribution in [3.63, 3.8) is 0 Å². The number of ether oxygens (including phenoxy) is 6. The van der Waals surface area contributed by atoms with Crippen molar-refractivity contribution in [2.45, 2.75) is 58.0 Å². The normalized spacial score (nSPS) is 14.7. The molecule has 0 bridgehead atoms. The van der Waals surface area contributed by atoms with Gasteiger partial charge in [0.05, 0.1) is 39.5 Å². The summed E-state index contributed by atoms with van der Waals surface area (Å²) < 4.78 is 33.9. The van der Waals surface area contributed by atoms with Crippen molar-refractivity contribution in [1.29, 1.82) is 0 Å². The molecule has 2 saturated carbocycles. The number of rotatable bonds is 19. The average Bonchev–Trinajstić information content (AvgIpc) is 4.50. The molecule has 3 fully saturated rings. The van der Waals surface area contributed by atoms with Crippen LogP contribution in [0.2, 0.25) is 0 Å². The number of nitrogens with one attached hydrogen (secondary N) is 4. The fourth-order valence-electron chi connectivity index (χ4n) is 9.81. The number of benzene rings is 6. The lowest BCUT2D eigenvalue weighted by Gasteiger charge is -2.26. The van der Waals surface area contributed by atoms with Crippen molar-refractivity contribution in [2.75, 3.05) is 62.8 Å². The molecule has 0 spiro atoms. The van der Waals surface area contributed by atoms with Crippen molar-refractivity contribution in [3.05, 3.63) is 157 Å². The minimum Gasteiger partial charge on any atom is -0.493 e. The van der Waals surface area contributed by atoms with Gasteiger partial charge in [0, 0.05) is 71.1 Å². The number of piperidine rings is 1. The summed E-state index contributed by atoms with van der Waals surface area (Å²) in [7, 11) is 6.31. The number of hydrogen-bond acceptors (Lipinski definition) is 14. The van der Waals surface area contributed by atoms with Gasteiger partial charge in [-0.15, -0.1) is 0 Å². The van der Waals surface area contributed by atoms with Crippen LogP contribution in [-0.2, 0) is 32.3 Å². The molecular formula is C63H64N8O10.